The molecule has 0 saturated heterocycles. The maximum Gasteiger partial charge on any atom is 0.0547 e. The first-order valence-corrected chi connectivity index (χ1v) is 6.16. The van der Waals surface area contributed by atoms with Gasteiger partial charge in [-0.05, 0) is 45.2 Å². The molecule has 0 spiro atoms. The molecule has 1 aromatic heterocycles. The SMILES string of the molecule is CC(NCCC1=CCCC1)c1ccnn1C. The lowest BCUT2D eigenvalue weighted by Crippen LogP contribution is -2.22. The molecule has 88 valence electrons. The van der Waals surface area contributed by atoms with Crippen LogP contribution in [0.2, 0.25) is 0 Å². The summed E-state index contributed by atoms with van der Waals surface area (Å²) in [4.78, 5) is 0. The van der Waals surface area contributed by atoms with E-state index in [1.165, 1.54) is 31.4 Å². The second kappa shape index (κ2) is 5.30. The molecule has 1 aliphatic rings. The van der Waals surface area contributed by atoms with Gasteiger partial charge < -0.3 is 5.32 Å². The van der Waals surface area contributed by atoms with Crippen LogP contribution in [0.1, 0.15) is 44.3 Å². The minimum atomic E-state index is 0.384. The Balaban J connectivity index is 1.75. The van der Waals surface area contributed by atoms with Gasteiger partial charge in [0.05, 0.1) is 5.69 Å². The minimum Gasteiger partial charge on any atom is -0.309 e. The Kier molecular flexibility index (Phi) is 3.78. The fourth-order valence-corrected chi connectivity index (χ4v) is 2.33. The first kappa shape index (κ1) is 11.4. The molecule has 0 amide bonds. The van der Waals surface area contributed by atoms with Gasteiger partial charge in [0.1, 0.15) is 0 Å². The highest BCUT2D eigenvalue weighted by molar-refractivity contribution is 5.08. The maximum absolute atomic E-state index is 4.19. The van der Waals surface area contributed by atoms with E-state index in [1.807, 2.05) is 17.9 Å². The predicted molar refractivity (Wildman–Crippen MR) is 66.2 cm³/mol. The third-order valence-corrected chi connectivity index (χ3v) is 3.33. The van der Waals surface area contributed by atoms with Crippen LogP contribution in [0.4, 0.5) is 0 Å². The van der Waals surface area contributed by atoms with Crippen LogP contribution in [0.5, 0.6) is 0 Å². The summed E-state index contributed by atoms with van der Waals surface area (Å²) in [5.41, 5.74) is 2.88. The van der Waals surface area contributed by atoms with Crippen LogP contribution in [-0.2, 0) is 7.05 Å². The normalized spacial score (nSPS) is 17.5. The van der Waals surface area contributed by atoms with Gasteiger partial charge in [-0.1, -0.05) is 11.6 Å². The number of hydrogen-bond acceptors (Lipinski definition) is 2. The lowest BCUT2D eigenvalue weighted by atomic mass is 10.1. The first-order valence-electron chi connectivity index (χ1n) is 6.16. The van der Waals surface area contributed by atoms with Crippen molar-refractivity contribution in [3.8, 4) is 0 Å². The van der Waals surface area contributed by atoms with Crippen molar-refractivity contribution in [3.05, 3.63) is 29.6 Å². The highest BCUT2D eigenvalue weighted by atomic mass is 15.3. The van der Waals surface area contributed by atoms with Crippen molar-refractivity contribution in [1.82, 2.24) is 15.1 Å². The summed E-state index contributed by atoms with van der Waals surface area (Å²) < 4.78 is 1.94. The monoisotopic (exact) mass is 219 g/mol. The van der Waals surface area contributed by atoms with Gasteiger partial charge in [-0.25, -0.2) is 0 Å². The molecule has 3 heteroatoms. The summed E-state index contributed by atoms with van der Waals surface area (Å²) >= 11 is 0. The zero-order chi connectivity index (χ0) is 11.4. The Morgan fingerprint density at radius 1 is 1.56 bits per heavy atom. The van der Waals surface area contributed by atoms with Crippen LogP contribution in [-0.4, -0.2) is 16.3 Å². The van der Waals surface area contributed by atoms with Crippen LogP contribution < -0.4 is 5.32 Å². The summed E-state index contributed by atoms with van der Waals surface area (Å²) in [5.74, 6) is 0. The Morgan fingerprint density at radius 2 is 2.44 bits per heavy atom. The number of nitrogens with one attached hydrogen (secondary N) is 1. The molecular weight excluding hydrogens is 198 g/mol. The molecule has 0 radical (unpaired) electrons. The van der Waals surface area contributed by atoms with Crippen molar-refractivity contribution in [1.29, 1.82) is 0 Å². The van der Waals surface area contributed by atoms with Gasteiger partial charge in [-0.2, -0.15) is 5.10 Å². The van der Waals surface area contributed by atoms with Gasteiger partial charge in [0.15, 0.2) is 0 Å². The van der Waals surface area contributed by atoms with Crippen LogP contribution >= 0.6 is 0 Å². The van der Waals surface area contributed by atoms with Gasteiger partial charge in [-0.3, -0.25) is 4.68 Å². The molecule has 0 bridgehead atoms. The molecule has 2 rings (SSSR count). The Hall–Kier alpha value is -1.09. The van der Waals surface area contributed by atoms with E-state index >= 15 is 0 Å². The van der Waals surface area contributed by atoms with Crippen LogP contribution in [0.3, 0.4) is 0 Å². The number of nitrogens with zero attached hydrogens (tertiary/aromatic N) is 2. The molecule has 16 heavy (non-hydrogen) atoms. The largest absolute Gasteiger partial charge is 0.309 e. The summed E-state index contributed by atoms with van der Waals surface area (Å²) in [7, 11) is 1.99. The fourth-order valence-electron chi connectivity index (χ4n) is 2.33. The molecule has 3 nitrogen and oxygen atoms in total. The average molecular weight is 219 g/mol. The molecule has 1 heterocycles. The zero-order valence-electron chi connectivity index (χ0n) is 10.2. The van der Waals surface area contributed by atoms with Crippen molar-refractivity contribution in [2.75, 3.05) is 6.54 Å². The summed E-state index contributed by atoms with van der Waals surface area (Å²) in [6.07, 6.45) is 9.40. The van der Waals surface area contributed by atoms with E-state index < -0.39 is 0 Å². The predicted octanol–water partition coefficient (Wildman–Crippen LogP) is 2.57. The van der Waals surface area contributed by atoms with Crippen molar-refractivity contribution in [2.24, 2.45) is 7.05 Å². The van der Waals surface area contributed by atoms with Gasteiger partial charge >= 0.3 is 0 Å². The zero-order valence-corrected chi connectivity index (χ0v) is 10.2. The molecular formula is C13H21N3. The number of aryl methyl sites for hydroxylation is 1. The third kappa shape index (κ3) is 2.73. The topological polar surface area (TPSA) is 29.9 Å². The van der Waals surface area contributed by atoms with Gasteiger partial charge in [0, 0.05) is 19.3 Å². The molecule has 1 N–H and O–H groups in total. The van der Waals surface area contributed by atoms with E-state index in [2.05, 4.69) is 29.5 Å². The molecule has 1 aromatic rings. The average Bonchev–Trinajstić information content (AvgIpc) is 2.88. The molecule has 1 unspecified atom stereocenters. The van der Waals surface area contributed by atoms with E-state index in [-0.39, 0.29) is 0 Å². The van der Waals surface area contributed by atoms with E-state index in [1.54, 1.807) is 5.57 Å². The van der Waals surface area contributed by atoms with E-state index in [0.29, 0.717) is 6.04 Å². The number of allylic oxidation sites excluding steroid dienone is 1. The second-order valence-electron chi connectivity index (χ2n) is 4.56. The third-order valence-electron chi connectivity index (χ3n) is 3.33. The standard InChI is InChI=1S/C13H21N3/c1-11(13-8-10-15-16(13)2)14-9-7-12-5-3-4-6-12/h5,8,10-11,14H,3-4,6-7,9H2,1-2H3. The lowest BCUT2D eigenvalue weighted by Gasteiger charge is -2.14. The Bertz CT molecular complexity index is 365. The van der Waals surface area contributed by atoms with Gasteiger partial charge in [0.2, 0.25) is 0 Å². The van der Waals surface area contributed by atoms with Crippen molar-refractivity contribution in [3.63, 3.8) is 0 Å². The quantitative estimate of drug-likeness (QED) is 0.771. The van der Waals surface area contributed by atoms with E-state index in [9.17, 15) is 0 Å². The highest BCUT2D eigenvalue weighted by Crippen LogP contribution is 2.20. The number of aromatic nitrogens is 2. The van der Waals surface area contributed by atoms with E-state index in [4.69, 9.17) is 0 Å². The molecule has 0 aromatic carbocycles. The molecule has 0 fully saturated rings. The fraction of sp³-hybridized carbons (Fsp3) is 0.615. The molecule has 0 saturated carbocycles. The first-order chi connectivity index (χ1) is 7.77. The van der Waals surface area contributed by atoms with Gasteiger partial charge in [-0.15, -0.1) is 0 Å². The molecule has 0 aliphatic heterocycles. The highest BCUT2D eigenvalue weighted by Gasteiger charge is 2.09. The van der Waals surface area contributed by atoms with Crippen LogP contribution in [0, 0.1) is 0 Å². The number of hydrogen-bond donors (Lipinski definition) is 1. The minimum absolute atomic E-state index is 0.384. The lowest BCUT2D eigenvalue weighted by molar-refractivity contribution is 0.530. The second-order valence-corrected chi connectivity index (χ2v) is 4.56. The Labute approximate surface area is 97.5 Å². The maximum atomic E-state index is 4.19. The summed E-state index contributed by atoms with van der Waals surface area (Å²) in [6, 6.07) is 2.46. The summed E-state index contributed by atoms with van der Waals surface area (Å²) in [5, 5.41) is 7.74. The van der Waals surface area contributed by atoms with Crippen LogP contribution in [0.25, 0.3) is 0 Å². The molecule has 1 aliphatic carbocycles. The summed E-state index contributed by atoms with van der Waals surface area (Å²) in [6.45, 7) is 3.26. The smallest absolute Gasteiger partial charge is 0.0547 e. The number of rotatable bonds is 5. The van der Waals surface area contributed by atoms with Crippen LogP contribution in [0.15, 0.2) is 23.9 Å². The van der Waals surface area contributed by atoms with Crippen molar-refractivity contribution < 1.29 is 0 Å². The van der Waals surface area contributed by atoms with Crippen molar-refractivity contribution in [2.45, 2.75) is 38.6 Å². The van der Waals surface area contributed by atoms with Gasteiger partial charge in [0.25, 0.3) is 0 Å². The molecule has 1 atom stereocenters. The Morgan fingerprint density at radius 3 is 3.06 bits per heavy atom. The van der Waals surface area contributed by atoms with E-state index in [0.717, 1.165) is 6.54 Å². The van der Waals surface area contributed by atoms with Crippen molar-refractivity contribution >= 4 is 0 Å².